The van der Waals surface area contributed by atoms with E-state index in [1.165, 1.54) is 38.9 Å². The molecule has 1 fully saturated rings. The summed E-state index contributed by atoms with van der Waals surface area (Å²) in [6.45, 7) is 8.08. The summed E-state index contributed by atoms with van der Waals surface area (Å²) >= 11 is 0. The third-order valence-electron chi connectivity index (χ3n) is 3.71. The van der Waals surface area contributed by atoms with Crippen LogP contribution in [0.15, 0.2) is 12.4 Å². The van der Waals surface area contributed by atoms with Crippen molar-refractivity contribution in [1.82, 2.24) is 14.9 Å². The second-order valence-corrected chi connectivity index (χ2v) is 5.40. The van der Waals surface area contributed by atoms with Gasteiger partial charge in [0.15, 0.2) is 0 Å². The topological polar surface area (TPSA) is 41.0 Å². The van der Waals surface area contributed by atoms with Gasteiger partial charge in [0, 0.05) is 30.9 Å². The molecule has 0 aromatic carbocycles. The highest BCUT2D eigenvalue weighted by molar-refractivity contribution is 5.36. The molecule has 1 aliphatic heterocycles. The van der Waals surface area contributed by atoms with Crippen molar-refractivity contribution < 1.29 is 0 Å². The van der Waals surface area contributed by atoms with Crippen LogP contribution in [0.1, 0.15) is 45.2 Å². The summed E-state index contributed by atoms with van der Waals surface area (Å²) in [6.07, 6.45) is 7.53. The van der Waals surface area contributed by atoms with Crippen LogP contribution in [0.5, 0.6) is 0 Å². The fourth-order valence-electron chi connectivity index (χ4n) is 2.70. The standard InChI is InChI=1S/C15H26N4/c1-3-5-14-11-15(17-12-16-14)18-13-6-9-19(8-4-2)10-7-13/h11-13H,3-10H2,1-2H3,(H,16,17,18). The summed E-state index contributed by atoms with van der Waals surface area (Å²) in [7, 11) is 0. The molecule has 2 rings (SSSR count). The largest absolute Gasteiger partial charge is 0.367 e. The average molecular weight is 262 g/mol. The minimum Gasteiger partial charge on any atom is -0.367 e. The maximum atomic E-state index is 4.34. The van der Waals surface area contributed by atoms with E-state index in [9.17, 15) is 0 Å². The first-order valence-corrected chi connectivity index (χ1v) is 7.61. The Labute approximate surface area is 116 Å². The van der Waals surface area contributed by atoms with Crippen LogP contribution in [-0.4, -0.2) is 40.5 Å². The molecule has 19 heavy (non-hydrogen) atoms. The van der Waals surface area contributed by atoms with Crippen molar-refractivity contribution in [1.29, 1.82) is 0 Å². The molecule has 0 amide bonds. The average Bonchev–Trinajstić information content (AvgIpc) is 2.42. The molecule has 4 nitrogen and oxygen atoms in total. The minimum absolute atomic E-state index is 0.567. The first kappa shape index (κ1) is 14.3. The van der Waals surface area contributed by atoms with Gasteiger partial charge in [-0.1, -0.05) is 20.3 Å². The molecule has 2 heterocycles. The summed E-state index contributed by atoms with van der Waals surface area (Å²) in [6, 6.07) is 2.67. The lowest BCUT2D eigenvalue weighted by Crippen LogP contribution is -2.39. The molecule has 0 bridgehead atoms. The Hall–Kier alpha value is -1.16. The fraction of sp³-hybridized carbons (Fsp3) is 0.733. The van der Waals surface area contributed by atoms with Gasteiger partial charge in [0.05, 0.1) is 0 Å². The van der Waals surface area contributed by atoms with Crippen LogP contribution in [0.3, 0.4) is 0 Å². The zero-order chi connectivity index (χ0) is 13.5. The van der Waals surface area contributed by atoms with E-state index in [-0.39, 0.29) is 0 Å². The van der Waals surface area contributed by atoms with Crippen molar-refractivity contribution >= 4 is 5.82 Å². The Balaban J connectivity index is 1.83. The van der Waals surface area contributed by atoms with Gasteiger partial charge in [-0.05, 0) is 32.2 Å². The van der Waals surface area contributed by atoms with E-state index in [2.05, 4.69) is 40.1 Å². The first-order chi connectivity index (χ1) is 9.31. The summed E-state index contributed by atoms with van der Waals surface area (Å²) in [5.41, 5.74) is 1.14. The zero-order valence-electron chi connectivity index (χ0n) is 12.2. The first-order valence-electron chi connectivity index (χ1n) is 7.61. The fourth-order valence-corrected chi connectivity index (χ4v) is 2.70. The summed E-state index contributed by atoms with van der Waals surface area (Å²) in [5, 5.41) is 3.56. The lowest BCUT2D eigenvalue weighted by molar-refractivity contribution is 0.219. The number of piperidine rings is 1. The van der Waals surface area contributed by atoms with Gasteiger partial charge in [0.25, 0.3) is 0 Å². The van der Waals surface area contributed by atoms with Gasteiger partial charge in [-0.25, -0.2) is 9.97 Å². The normalized spacial score (nSPS) is 17.6. The van der Waals surface area contributed by atoms with Gasteiger partial charge in [0.1, 0.15) is 12.1 Å². The molecule has 0 radical (unpaired) electrons. The van der Waals surface area contributed by atoms with E-state index in [0.29, 0.717) is 6.04 Å². The molecule has 0 saturated carbocycles. The van der Waals surface area contributed by atoms with Gasteiger partial charge in [-0.15, -0.1) is 0 Å². The third-order valence-corrected chi connectivity index (χ3v) is 3.71. The SMILES string of the molecule is CCCc1cc(NC2CCN(CCC)CC2)ncn1. The molecule has 4 heteroatoms. The number of aromatic nitrogens is 2. The number of hydrogen-bond acceptors (Lipinski definition) is 4. The number of hydrogen-bond donors (Lipinski definition) is 1. The van der Waals surface area contributed by atoms with Crippen molar-refractivity contribution in [3.05, 3.63) is 18.1 Å². The van der Waals surface area contributed by atoms with Gasteiger partial charge >= 0.3 is 0 Å². The summed E-state index contributed by atoms with van der Waals surface area (Å²) in [4.78, 5) is 11.2. The van der Waals surface area contributed by atoms with E-state index >= 15 is 0 Å². The lowest BCUT2D eigenvalue weighted by atomic mass is 10.0. The van der Waals surface area contributed by atoms with Gasteiger partial charge in [0.2, 0.25) is 0 Å². The van der Waals surface area contributed by atoms with Crippen molar-refractivity contribution in [2.24, 2.45) is 0 Å². The maximum Gasteiger partial charge on any atom is 0.129 e. The van der Waals surface area contributed by atoms with Crippen molar-refractivity contribution in [3.63, 3.8) is 0 Å². The molecular weight excluding hydrogens is 236 g/mol. The minimum atomic E-state index is 0.567. The maximum absolute atomic E-state index is 4.34. The Bertz CT molecular complexity index is 372. The number of nitrogens with one attached hydrogen (secondary N) is 1. The molecule has 0 unspecified atom stereocenters. The van der Waals surface area contributed by atoms with Crippen LogP contribution < -0.4 is 5.32 Å². The highest BCUT2D eigenvalue weighted by atomic mass is 15.1. The van der Waals surface area contributed by atoms with Crippen LogP contribution in [0.4, 0.5) is 5.82 Å². The molecule has 106 valence electrons. The van der Waals surface area contributed by atoms with Crippen LogP contribution in [0.2, 0.25) is 0 Å². The Morgan fingerprint density at radius 3 is 2.68 bits per heavy atom. The summed E-state index contributed by atoms with van der Waals surface area (Å²) in [5.74, 6) is 0.993. The van der Waals surface area contributed by atoms with Crippen LogP contribution in [0, 0.1) is 0 Å². The van der Waals surface area contributed by atoms with Crippen LogP contribution in [-0.2, 0) is 6.42 Å². The predicted molar refractivity (Wildman–Crippen MR) is 79.4 cm³/mol. The van der Waals surface area contributed by atoms with Crippen molar-refractivity contribution in [2.45, 2.75) is 52.0 Å². The second kappa shape index (κ2) is 7.43. The van der Waals surface area contributed by atoms with E-state index in [1.807, 2.05) is 0 Å². The number of anilines is 1. The van der Waals surface area contributed by atoms with E-state index in [0.717, 1.165) is 24.4 Å². The molecule has 1 aliphatic rings. The molecule has 0 spiro atoms. The second-order valence-electron chi connectivity index (χ2n) is 5.40. The Morgan fingerprint density at radius 1 is 1.21 bits per heavy atom. The quantitative estimate of drug-likeness (QED) is 0.856. The number of rotatable bonds is 6. The van der Waals surface area contributed by atoms with Crippen LogP contribution in [0.25, 0.3) is 0 Å². The van der Waals surface area contributed by atoms with Crippen molar-refractivity contribution in [2.75, 3.05) is 25.0 Å². The highest BCUT2D eigenvalue weighted by Crippen LogP contribution is 2.15. The van der Waals surface area contributed by atoms with E-state index < -0.39 is 0 Å². The molecule has 0 aliphatic carbocycles. The third kappa shape index (κ3) is 4.46. The predicted octanol–water partition coefficient (Wildman–Crippen LogP) is 2.72. The van der Waals surface area contributed by atoms with E-state index in [4.69, 9.17) is 0 Å². The van der Waals surface area contributed by atoms with Gasteiger partial charge < -0.3 is 10.2 Å². The smallest absolute Gasteiger partial charge is 0.129 e. The monoisotopic (exact) mass is 262 g/mol. The highest BCUT2D eigenvalue weighted by Gasteiger charge is 2.18. The Kier molecular flexibility index (Phi) is 5.58. The van der Waals surface area contributed by atoms with Gasteiger partial charge in [-0.2, -0.15) is 0 Å². The Morgan fingerprint density at radius 2 is 2.00 bits per heavy atom. The molecular formula is C15H26N4. The molecule has 0 atom stereocenters. The number of nitrogens with zero attached hydrogens (tertiary/aromatic N) is 3. The number of aryl methyl sites for hydroxylation is 1. The number of likely N-dealkylation sites (tertiary alicyclic amines) is 1. The molecule has 1 N–H and O–H groups in total. The molecule has 1 aromatic rings. The van der Waals surface area contributed by atoms with E-state index in [1.54, 1.807) is 6.33 Å². The summed E-state index contributed by atoms with van der Waals surface area (Å²) < 4.78 is 0. The molecule has 1 saturated heterocycles. The molecule has 1 aromatic heterocycles. The zero-order valence-corrected chi connectivity index (χ0v) is 12.2. The lowest BCUT2D eigenvalue weighted by Gasteiger charge is -2.32. The van der Waals surface area contributed by atoms with Crippen molar-refractivity contribution in [3.8, 4) is 0 Å². The van der Waals surface area contributed by atoms with Crippen LogP contribution >= 0.6 is 0 Å². The van der Waals surface area contributed by atoms with Gasteiger partial charge in [-0.3, -0.25) is 0 Å².